The molecule has 5 heteroatoms. The summed E-state index contributed by atoms with van der Waals surface area (Å²) >= 11 is 0. The Balaban J connectivity index is 1.99. The Hall–Kier alpha value is -2.30. The first kappa shape index (κ1) is 13.1. The average Bonchev–Trinajstić information content (AvgIpc) is 2.94. The lowest BCUT2D eigenvalue weighted by molar-refractivity contribution is 0.0935. The fraction of sp³-hybridized carbons (Fsp3) is 0.286. The molecule has 0 aliphatic carbocycles. The summed E-state index contributed by atoms with van der Waals surface area (Å²) in [6.45, 7) is 4.67. The third kappa shape index (κ3) is 3.34. The van der Waals surface area contributed by atoms with Gasteiger partial charge in [-0.1, -0.05) is 0 Å². The van der Waals surface area contributed by atoms with Crippen LogP contribution < -0.4 is 10.6 Å². The van der Waals surface area contributed by atoms with Crippen LogP contribution in [0.1, 0.15) is 36.0 Å². The van der Waals surface area contributed by atoms with Gasteiger partial charge in [0.05, 0.1) is 17.9 Å². The van der Waals surface area contributed by atoms with Crippen LogP contribution in [0.4, 0.5) is 5.82 Å². The third-order valence-corrected chi connectivity index (χ3v) is 2.70. The van der Waals surface area contributed by atoms with Gasteiger partial charge in [-0.25, -0.2) is 4.98 Å². The monoisotopic (exact) mass is 259 g/mol. The van der Waals surface area contributed by atoms with Crippen LogP contribution in [0.3, 0.4) is 0 Å². The Morgan fingerprint density at radius 1 is 1.42 bits per heavy atom. The number of carbonyl (C=O) groups excluding carboxylic acids is 1. The molecule has 19 heavy (non-hydrogen) atoms. The van der Waals surface area contributed by atoms with Crippen molar-refractivity contribution >= 4 is 11.7 Å². The van der Waals surface area contributed by atoms with Crippen molar-refractivity contribution in [3.05, 3.63) is 48.0 Å². The van der Waals surface area contributed by atoms with E-state index in [0.29, 0.717) is 5.56 Å². The summed E-state index contributed by atoms with van der Waals surface area (Å²) in [5.74, 6) is 1.32. The van der Waals surface area contributed by atoms with Crippen molar-refractivity contribution in [3.8, 4) is 0 Å². The number of nitrogens with one attached hydrogen (secondary N) is 2. The van der Waals surface area contributed by atoms with Crippen molar-refractivity contribution in [1.82, 2.24) is 10.3 Å². The SMILES string of the molecule is CCNc1ccc(C(=O)NC(C)c2ccco2)cn1. The first-order valence-corrected chi connectivity index (χ1v) is 6.25. The van der Waals surface area contributed by atoms with Crippen molar-refractivity contribution in [2.45, 2.75) is 19.9 Å². The molecule has 0 saturated heterocycles. The van der Waals surface area contributed by atoms with Gasteiger partial charge in [-0.2, -0.15) is 0 Å². The lowest BCUT2D eigenvalue weighted by Gasteiger charge is -2.11. The minimum absolute atomic E-state index is 0.167. The number of amides is 1. The Morgan fingerprint density at radius 3 is 2.84 bits per heavy atom. The molecule has 0 aromatic carbocycles. The van der Waals surface area contributed by atoms with E-state index in [1.807, 2.05) is 19.9 Å². The number of hydrogen-bond acceptors (Lipinski definition) is 4. The van der Waals surface area contributed by atoms with Crippen molar-refractivity contribution in [2.75, 3.05) is 11.9 Å². The summed E-state index contributed by atoms with van der Waals surface area (Å²) in [6.07, 6.45) is 3.15. The molecule has 2 N–H and O–H groups in total. The minimum Gasteiger partial charge on any atom is -0.467 e. The molecule has 5 nitrogen and oxygen atoms in total. The van der Waals surface area contributed by atoms with Gasteiger partial charge in [0.15, 0.2) is 0 Å². The maximum atomic E-state index is 12.0. The fourth-order valence-corrected chi connectivity index (χ4v) is 1.70. The molecule has 2 rings (SSSR count). The van der Waals surface area contributed by atoms with E-state index < -0.39 is 0 Å². The van der Waals surface area contributed by atoms with E-state index >= 15 is 0 Å². The lowest BCUT2D eigenvalue weighted by Crippen LogP contribution is -2.26. The molecule has 1 unspecified atom stereocenters. The van der Waals surface area contributed by atoms with Gasteiger partial charge in [0.2, 0.25) is 0 Å². The lowest BCUT2D eigenvalue weighted by atomic mass is 10.2. The summed E-state index contributed by atoms with van der Waals surface area (Å²) in [7, 11) is 0. The quantitative estimate of drug-likeness (QED) is 0.866. The second kappa shape index (κ2) is 6.04. The molecule has 100 valence electrons. The van der Waals surface area contributed by atoms with Crippen LogP contribution >= 0.6 is 0 Å². The second-order valence-electron chi connectivity index (χ2n) is 4.17. The second-order valence-corrected chi connectivity index (χ2v) is 4.17. The van der Waals surface area contributed by atoms with Gasteiger partial charge in [0.1, 0.15) is 11.6 Å². The molecule has 0 saturated carbocycles. The summed E-state index contributed by atoms with van der Waals surface area (Å²) in [5, 5.41) is 5.94. The van der Waals surface area contributed by atoms with Crippen LogP contribution in [0.25, 0.3) is 0 Å². The fourth-order valence-electron chi connectivity index (χ4n) is 1.70. The number of carbonyl (C=O) groups is 1. The van der Waals surface area contributed by atoms with Gasteiger partial charge < -0.3 is 15.1 Å². The molecule has 0 aliphatic heterocycles. The summed E-state index contributed by atoms with van der Waals surface area (Å²) < 4.78 is 5.24. The predicted molar refractivity (Wildman–Crippen MR) is 73.0 cm³/mol. The zero-order valence-corrected chi connectivity index (χ0v) is 11.0. The zero-order chi connectivity index (χ0) is 13.7. The number of nitrogens with zero attached hydrogens (tertiary/aromatic N) is 1. The highest BCUT2D eigenvalue weighted by Crippen LogP contribution is 2.13. The van der Waals surface area contributed by atoms with Gasteiger partial charge in [-0.3, -0.25) is 4.79 Å². The van der Waals surface area contributed by atoms with E-state index in [4.69, 9.17) is 4.42 Å². The molecule has 1 amide bonds. The standard InChI is InChI=1S/C14H17N3O2/c1-3-15-13-7-6-11(9-16-13)14(18)17-10(2)12-5-4-8-19-12/h4-10H,3H2,1-2H3,(H,15,16)(H,17,18). The average molecular weight is 259 g/mol. The van der Waals surface area contributed by atoms with Gasteiger partial charge >= 0.3 is 0 Å². The smallest absolute Gasteiger partial charge is 0.253 e. The Labute approximate surface area is 112 Å². The summed E-state index contributed by atoms with van der Waals surface area (Å²) in [6, 6.07) is 6.99. The number of furan rings is 1. The van der Waals surface area contributed by atoms with Crippen LogP contribution in [0.2, 0.25) is 0 Å². The van der Waals surface area contributed by atoms with Crippen molar-refractivity contribution < 1.29 is 9.21 Å². The maximum Gasteiger partial charge on any atom is 0.253 e. The molecule has 0 aliphatic rings. The van der Waals surface area contributed by atoms with Crippen LogP contribution in [-0.4, -0.2) is 17.4 Å². The topological polar surface area (TPSA) is 67.2 Å². The van der Waals surface area contributed by atoms with Crippen molar-refractivity contribution in [1.29, 1.82) is 0 Å². The summed E-state index contributed by atoms with van der Waals surface area (Å²) in [5.41, 5.74) is 0.528. The first-order chi connectivity index (χ1) is 9.20. The summed E-state index contributed by atoms with van der Waals surface area (Å²) in [4.78, 5) is 16.2. The molecule has 0 fully saturated rings. The van der Waals surface area contributed by atoms with Crippen LogP contribution in [0.5, 0.6) is 0 Å². The Morgan fingerprint density at radius 2 is 2.26 bits per heavy atom. The van der Waals surface area contributed by atoms with Gasteiger partial charge in [0, 0.05) is 12.7 Å². The molecular formula is C14H17N3O2. The number of hydrogen-bond donors (Lipinski definition) is 2. The Bertz CT molecular complexity index is 520. The largest absolute Gasteiger partial charge is 0.467 e. The van der Waals surface area contributed by atoms with E-state index in [9.17, 15) is 4.79 Å². The third-order valence-electron chi connectivity index (χ3n) is 2.70. The van der Waals surface area contributed by atoms with Crippen LogP contribution in [0, 0.1) is 0 Å². The molecule has 2 aromatic heterocycles. The number of aromatic nitrogens is 1. The molecule has 0 spiro atoms. The Kier molecular flexibility index (Phi) is 4.18. The van der Waals surface area contributed by atoms with E-state index in [1.54, 1.807) is 30.7 Å². The van der Waals surface area contributed by atoms with Crippen LogP contribution in [-0.2, 0) is 0 Å². The highest BCUT2D eigenvalue weighted by atomic mass is 16.3. The highest BCUT2D eigenvalue weighted by Gasteiger charge is 2.13. The van der Waals surface area contributed by atoms with E-state index in [1.165, 1.54) is 0 Å². The van der Waals surface area contributed by atoms with E-state index in [0.717, 1.165) is 18.1 Å². The van der Waals surface area contributed by atoms with E-state index in [-0.39, 0.29) is 11.9 Å². The van der Waals surface area contributed by atoms with Gasteiger partial charge in [-0.05, 0) is 38.1 Å². The molecule has 2 aromatic rings. The van der Waals surface area contributed by atoms with Crippen molar-refractivity contribution in [2.24, 2.45) is 0 Å². The number of pyridine rings is 1. The zero-order valence-electron chi connectivity index (χ0n) is 11.0. The predicted octanol–water partition coefficient (Wildman–Crippen LogP) is 2.60. The molecule has 0 bridgehead atoms. The molecule has 2 heterocycles. The van der Waals surface area contributed by atoms with Gasteiger partial charge in [0.25, 0.3) is 5.91 Å². The highest BCUT2D eigenvalue weighted by molar-refractivity contribution is 5.94. The van der Waals surface area contributed by atoms with Gasteiger partial charge in [-0.15, -0.1) is 0 Å². The molecular weight excluding hydrogens is 242 g/mol. The normalized spacial score (nSPS) is 11.9. The first-order valence-electron chi connectivity index (χ1n) is 6.25. The molecule has 0 radical (unpaired) electrons. The van der Waals surface area contributed by atoms with Crippen molar-refractivity contribution in [3.63, 3.8) is 0 Å². The number of rotatable bonds is 5. The van der Waals surface area contributed by atoms with Crippen LogP contribution in [0.15, 0.2) is 41.1 Å². The number of anilines is 1. The van der Waals surface area contributed by atoms with E-state index in [2.05, 4.69) is 15.6 Å². The molecule has 1 atom stereocenters. The minimum atomic E-state index is -0.170. The maximum absolute atomic E-state index is 12.0.